The highest BCUT2D eigenvalue weighted by Gasteiger charge is 2.31. The topological polar surface area (TPSA) is 92.8 Å². The van der Waals surface area contributed by atoms with Gasteiger partial charge in [0.1, 0.15) is 11.6 Å². The Kier molecular flexibility index (Phi) is 5.22. The summed E-state index contributed by atoms with van der Waals surface area (Å²) in [4.78, 5) is 12.6. The summed E-state index contributed by atoms with van der Waals surface area (Å²) in [5.74, 6) is -0.184. The van der Waals surface area contributed by atoms with Crippen molar-refractivity contribution in [2.75, 3.05) is 11.5 Å². The number of aromatic nitrogens is 2. The van der Waals surface area contributed by atoms with Crippen LogP contribution in [0.15, 0.2) is 29.8 Å². The number of benzene rings is 1. The van der Waals surface area contributed by atoms with Crippen LogP contribution in [0.1, 0.15) is 39.8 Å². The third kappa shape index (κ3) is 3.97. The van der Waals surface area contributed by atoms with Crippen LogP contribution < -0.4 is 0 Å². The maximum atomic E-state index is 12.6. The van der Waals surface area contributed by atoms with Crippen LogP contribution in [0, 0.1) is 25.2 Å². The Labute approximate surface area is 163 Å². The van der Waals surface area contributed by atoms with Crippen LogP contribution in [0.4, 0.5) is 0 Å². The van der Waals surface area contributed by atoms with Gasteiger partial charge in [-0.05, 0) is 50.6 Å². The molecular weight excluding hydrogens is 386 g/mol. The van der Waals surface area contributed by atoms with Crippen molar-refractivity contribution in [3.63, 3.8) is 0 Å². The first-order chi connectivity index (χ1) is 12.7. The molecule has 0 N–H and O–H groups in total. The fraction of sp³-hybridized carbons (Fsp3) is 0.316. The summed E-state index contributed by atoms with van der Waals surface area (Å²) >= 11 is 5.84. The zero-order valence-corrected chi connectivity index (χ0v) is 16.5. The van der Waals surface area contributed by atoms with Crippen molar-refractivity contribution < 1.29 is 13.2 Å². The standard InChI is InChI=1S/C19H18ClN3O3S/c1-12-18(13(2)23(22-12)17-7-8-27(25,26)11-17)9-15(10-21)19(24)14-3-5-16(20)6-4-14/h3-6,9,17H,7-8,11H2,1-2H3/b15-9+/t17-/m0/s1. The molecule has 2 aromatic rings. The number of halogens is 1. The maximum absolute atomic E-state index is 12.6. The molecule has 1 aliphatic rings. The summed E-state index contributed by atoms with van der Waals surface area (Å²) in [6.07, 6.45) is 2.04. The lowest BCUT2D eigenvalue weighted by Crippen LogP contribution is -2.14. The molecule has 1 saturated heterocycles. The first kappa shape index (κ1) is 19.3. The van der Waals surface area contributed by atoms with Crippen LogP contribution in [0.25, 0.3) is 6.08 Å². The van der Waals surface area contributed by atoms with Gasteiger partial charge in [0.05, 0.1) is 23.2 Å². The van der Waals surface area contributed by atoms with E-state index < -0.39 is 15.6 Å². The van der Waals surface area contributed by atoms with E-state index in [-0.39, 0.29) is 23.1 Å². The lowest BCUT2D eigenvalue weighted by Gasteiger charge is -2.11. The molecule has 0 spiro atoms. The highest BCUT2D eigenvalue weighted by Crippen LogP contribution is 2.28. The van der Waals surface area contributed by atoms with Crippen molar-refractivity contribution in [2.45, 2.75) is 26.3 Å². The summed E-state index contributed by atoms with van der Waals surface area (Å²) in [6, 6.07) is 8.08. The maximum Gasteiger partial charge on any atom is 0.203 e. The van der Waals surface area contributed by atoms with Crippen molar-refractivity contribution in [1.29, 1.82) is 5.26 Å². The van der Waals surface area contributed by atoms with Gasteiger partial charge in [-0.25, -0.2) is 8.42 Å². The second kappa shape index (κ2) is 7.29. The molecule has 0 aliphatic carbocycles. The fourth-order valence-electron chi connectivity index (χ4n) is 3.26. The molecule has 0 amide bonds. The van der Waals surface area contributed by atoms with E-state index >= 15 is 0 Å². The Morgan fingerprint density at radius 3 is 2.56 bits per heavy atom. The Morgan fingerprint density at radius 1 is 1.33 bits per heavy atom. The van der Waals surface area contributed by atoms with Gasteiger partial charge in [-0.1, -0.05) is 11.6 Å². The van der Waals surface area contributed by atoms with E-state index in [1.165, 1.54) is 6.08 Å². The number of nitrogens with zero attached hydrogens (tertiary/aromatic N) is 3. The Balaban J connectivity index is 1.97. The highest BCUT2D eigenvalue weighted by atomic mass is 35.5. The minimum absolute atomic E-state index is 0.0119. The average Bonchev–Trinajstić information content (AvgIpc) is 3.12. The third-order valence-electron chi connectivity index (χ3n) is 4.70. The molecule has 3 rings (SSSR count). The molecule has 1 fully saturated rings. The molecule has 0 radical (unpaired) electrons. The van der Waals surface area contributed by atoms with Gasteiger partial charge in [-0.3, -0.25) is 9.48 Å². The van der Waals surface area contributed by atoms with Gasteiger partial charge in [0.15, 0.2) is 9.84 Å². The number of sulfone groups is 1. The minimum atomic E-state index is -3.04. The molecule has 140 valence electrons. The van der Waals surface area contributed by atoms with Gasteiger partial charge in [-0.15, -0.1) is 0 Å². The molecule has 2 heterocycles. The van der Waals surface area contributed by atoms with E-state index in [9.17, 15) is 18.5 Å². The predicted molar refractivity (Wildman–Crippen MR) is 103 cm³/mol. The van der Waals surface area contributed by atoms with E-state index in [1.54, 1.807) is 35.9 Å². The van der Waals surface area contributed by atoms with Crippen molar-refractivity contribution >= 4 is 33.3 Å². The lowest BCUT2D eigenvalue weighted by atomic mass is 10.0. The number of hydrogen-bond donors (Lipinski definition) is 0. The monoisotopic (exact) mass is 403 g/mol. The lowest BCUT2D eigenvalue weighted by molar-refractivity contribution is 0.104. The van der Waals surface area contributed by atoms with Gasteiger partial charge in [0.2, 0.25) is 5.78 Å². The molecule has 1 aromatic carbocycles. The Hall–Kier alpha value is -2.43. The van der Waals surface area contributed by atoms with Crippen molar-refractivity contribution in [1.82, 2.24) is 9.78 Å². The molecule has 27 heavy (non-hydrogen) atoms. The number of aryl methyl sites for hydroxylation is 1. The number of ketones is 1. The number of Topliss-reactive ketones (excluding diaryl/α,β-unsaturated/α-hetero) is 1. The first-order valence-corrected chi connectivity index (χ1v) is 10.6. The number of allylic oxidation sites excluding steroid dienone is 1. The normalized spacial score (nSPS) is 19.0. The zero-order valence-electron chi connectivity index (χ0n) is 14.9. The van der Waals surface area contributed by atoms with Gasteiger partial charge in [0.25, 0.3) is 0 Å². The van der Waals surface area contributed by atoms with E-state index in [1.807, 2.05) is 13.0 Å². The predicted octanol–water partition coefficient (Wildman–Crippen LogP) is 3.30. The molecule has 1 atom stereocenters. The largest absolute Gasteiger partial charge is 0.288 e. The molecule has 0 saturated carbocycles. The number of nitriles is 1. The molecule has 0 bridgehead atoms. The smallest absolute Gasteiger partial charge is 0.203 e. The highest BCUT2D eigenvalue weighted by molar-refractivity contribution is 7.91. The molecule has 6 nitrogen and oxygen atoms in total. The summed E-state index contributed by atoms with van der Waals surface area (Å²) in [7, 11) is -3.04. The summed E-state index contributed by atoms with van der Waals surface area (Å²) < 4.78 is 25.2. The number of hydrogen-bond acceptors (Lipinski definition) is 5. The van der Waals surface area contributed by atoms with E-state index in [2.05, 4.69) is 5.10 Å². The number of carbonyl (C=O) groups is 1. The van der Waals surface area contributed by atoms with Crippen LogP contribution in [-0.2, 0) is 9.84 Å². The van der Waals surface area contributed by atoms with Gasteiger partial charge >= 0.3 is 0 Å². The van der Waals surface area contributed by atoms with E-state index in [0.717, 1.165) is 5.69 Å². The van der Waals surface area contributed by atoms with E-state index in [0.29, 0.717) is 28.3 Å². The van der Waals surface area contributed by atoms with Crippen molar-refractivity contribution in [2.24, 2.45) is 0 Å². The van der Waals surface area contributed by atoms with Gasteiger partial charge < -0.3 is 0 Å². The van der Waals surface area contributed by atoms with Crippen LogP contribution in [0.5, 0.6) is 0 Å². The third-order valence-corrected chi connectivity index (χ3v) is 6.70. The van der Waals surface area contributed by atoms with Gasteiger partial charge in [0, 0.05) is 21.8 Å². The van der Waals surface area contributed by atoms with Crippen molar-refractivity contribution in [3.8, 4) is 6.07 Å². The quantitative estimate of drug-likeness (QED) is 0.443. The summed E-state index contributed by atoms with van der Waals surface area (Å²) in [6.45, 7) is 3.60. The van der Waals surface area contributed by atoms with E-state index in [4.69, 9.17) is 11.6 Å². The number of rotatable bonds is 4. The summed E-state index contributed by atoms with van der Waals surface area (Å²) in [5.41, 5.74) is 2.41. The van der Waals surface area contributed by atoms with Gasteiger partial charge in [-0.2, -0.15) is 10.4 Å². The Morgan fingerprint density at radius 2 is 2.00 bits per heavy atom. The zero-order chi connectivity index (χ0) is 19.8. The molecule has 1 aromatic heterocycles. The molecule has 8 heteroatoms. The molecule has 1 aliphatic heterocycles. The minimum Gasteiger partial charge on any atom is -0.288 e. The van der Waals surface area contributed by atoms with Crippen LogP contribution >= 0.6 is 11.6 Å². The first-order valence-electron chi connectivity index (χ1n) is 8.40. The number of carbonyl (C=O) groups excluding carboxylic acids is 1. The second-order valence-corrected chi connectivity index (χ2v) is 9.26. The van der Waals surface area contributed by atoms with Crippen LogP contribution in [-0.4, -0.2) is 35.5 Å². The fourth-order valence-corrected chi connectivity index (χ4v) is 5.08. The van der Waals surface area contributed by atoms with Crippen LogP contribution in [0.2, 0.25) is 5.02 Å². The average molecular weight is 404 g/mol. The molecular formula is C19H18ClN3O3S. The second-order valence-electron chi connectivity index (χ2n) is 6.59. The van der Waals surface area contributed by atoms with Crippen molar-refractivity contribution in [3.05, 3.63) is 57.4 Å². The van der Waals surface area contributed by atoms with Crippen LogP contribution in [0.3, 0.4) is 0 Å². The molecule has 0 unspecified atom stereocenters. The Bertz CT molecular complexity index is 1080. The SMILES string of the molecule is Cc1nn([C@H]2CCS(=O)(=O)C2)c(C)c1/C=C(\C#N)C(=O)c1ccc(Cl)cc1. The summed E-state index contributed by atoms with van der Waals surface area (Å²) in [5, 5.41) is 14.4.